The minimum Gasteiger partial charge on any atom is -0.351 e. The zero-order valence-corrected chi connectivity index (χ0v) is 15.5. The molecule has 1 heterocycles. The average molecular weight is 349 g/mol. The van der Waals surface area contributed by atoms with Gasteiger partial charge in [-0.2, -0.15) is 9.36 Å². The number of carbonyl (C=O) groups excluding carboxylic acids is 1. The molecule has 2 aromatic rings. The molecule has 0 radical (unpaired) electrons. The third kappa shape index (κ3) is 4.48. The van der Waals surface area contributed by atoms with E-state index in [-0.39, 0.29) is 5.91 Å². The van der Waals surface area contributed by atoms with Crippen molar-refractivity contribution in [3.63, 3.8) is 0 Å². The van der Waals surface area contributed by atoms with Crippen LogP contribution >= 0.6 is 12.2 Å². The van der Waals surface area contributed by atoms with E-state index in [9.17, 15) is 4.79 Å². The van der Waals surface area contributed by atoms with Gasteiger partial charge < -0.3 is 10.2 Å². The maximum atomic E-state index is 11.8. The van der Waals surface area contributed by atoms with Crippen LogP contribution in [0.3, 0.4) is 0 Å². The van der Waals surface area contributed by atoms with Gasteiger partial charge in [0, 0.05) is 6.54 Å². The molecule has 2 N–H and O–H groups in total. The van der Waals surface area contributed by atoms with E-state index in [2.05, 4.69) is 29.6 Å². The Morgan fingerprint density at radius 2 is 2.04 bits per heavy atom. The zero-order chi connectivity index (χ0) is 17.7. The second-order valence-electron chi connectivity index (χ2n) is 6.08. The van der Waals surface area contributed by atoms with Gasteiger partial charge >= 0.3 is 0 Å². The number of carbonyl (C=O) groups is 1. The summed E-state index contributed by atoms with van der Waals surface area (Å²) in [7, 11) is 1.93. The maximum absolute atomic E-state index is 11.8. The summed E-state index contributed by atoms with van der Waals surface area (Å²) >= 11 is 5.47. The second kappa shape index (κ2) is 8.16. The van der Waals surface area contributed by atoms with Gasteiger partial charge in [-0.25, -0.2) is 0 Å². The first-order valence-corrected chi connectivity index (χ1v) is 8.51. The molecular formula is C16H25N6OS+. The molecule has 2 rings (SSSR count). The van der Waals surface area contributed by atoms with E-state index in [0.29, 0.717) is 24.5 Å². The second-order valence-corrected chi connectivity index (χ2v) is 6.45. The Morgan fingerprint density at radius 1 is 1.29 bits per heavy atom. The number of hydrogen-bond donors (Lipinski definition) is 2. The summed E-state index contributed by atoms with van der Waals surface area (Å²) in [6.45, 7) is 7.72. The molecule has 1 aromatic heterocycles. The lowest BCUT2D eigenvalue weighted by Gasteiger charge is -2.12. The molecule has 1 aromatic carbocycles. The van der Waals surface area contributed by atoms with Gasteiger partial charge in [0.05, 0.1) is 12.7 Å². The van der Waals surface area contributed by atoms with Gasteiger partial charge in [0.2, 0.25) is 4.77 Å². The fourth-order valence-corrected chi connectivity index (χ4v) is 2.55. The molecule has 1 atom stereocenters. The Balaban J connectivity index is 2.08. The summed E-state index contributed by atoms with van der Waals surface area (Å²) in [5.74, 6) is 0.0300. The Morgan fingerprint density at radius 3 is 2.71 bits per heavy atom. The van der Waals surface area contributed by atoms with E-state index < -0.39 is 0 Å². The van der Waals surface area contributed by atoms with Crippen LogP contribution in [0.1, 0.15) is 24.5 Å². The number of aryl methyl sites for hydroxylation is 2. The monoisotopic (exact) mass is 349 g/mol. The van der Waals surface area contributed by atoms with E-state index in [1.807, 2.05) is 32.2 Å². The van der Waals surface area contributed by atoms with Crippen LogP contribution in [0.2, 0.25) is 0 Å². The minimum atomic E-state index is 0.0300. The summed E-state index contributed by atoms with van der Waals surface area (Å²) in [4.78, 5) is 12.8. The molecule has 0 bridgehead atoms. The van der Waals surface area contributed by atoms with Crippen LogP contribution in [0.15, 0.2) is 18.2 Å². The number of hydrogen-bond acceptors (Lipinski definition) is 4. The van der Waals surface area contributed by atoms with Gasteiger partial charge in [-0.1, -0.05) is 13.0 Å². The molecule has 0 fully saturated rings. The number of likely N-dealkylation sites (N-methyl/N-ethyl adjacent to an activating group) is 1. The Kier molecular flexibility index (Phi) is 6.22. The molecule has 130 valence electrons. The lowest BCUT2D eigenvalue weighted by Crippen LogP contribution is -3.09. The van der Waals surface area contributed by atoms with Crippen LogP contribution in [0.4, 0.5) is 0 Å². The maximum Gasteiger partial charge on any atom is 0.275 e. The van der Waals surface area contributed by atoms with Crippen molar-refractivity contribution in [1.82, 2.24) is 25.1 Å². The van der Waals surface area contributed by atoms with Crippen LogP contribution in [-0.2, 0) is 11.5 Å². The van der Waals surface area contributed by atoms with Crippen molar-refractivity contribution in [2.75, 3.05) is 20.1 Å². The number of tetrazole rings is 1. The molecular weight excluding hydrogens is 324 g/mol. The topological polar surface area (TPSA) is 69.2 Å². The molecule has 0 aliphatic heterocycles. The molecule has 0 saturated carbocycles. The van der Waals surface area contributed by atoms with E-state index in [0.717, 1.165) is 17.0 Å². The Labute approximate surface area is 147 Å². The van der Waals surface area contributed by atoms with Gasteiger partial charge in [0.15, 0.2) is 13.2 Å². The van der Waals surface area contributed by atoms with Crippen LogP contribution in [0, 0.1) is 18.6 Å². The summed E-state index contributed by atoms with van der Waals surface area (Å²) in [6, 6.07) is 6.06. The quantitative estimate of drug-likeness (QED) is 0.711. The van der Waals surface area contributed by atoms with E-state index in [1.54, 1.807) is 9.36 Å². The molecule has 24 heavy (non-hydrogen) atoms. The van der Waals surface area contributed by atoms with Crippen molar-refractivity contribution in [1.29, 1.82) is 0 Å². The Bertz CT molecular complexity index is 766. The highest BCUT2D eigenvalue weighted by Gasteiger charge is 2.13. The van der Waals surface area contributed by atoms with Crippen molar-refractivity contribution in [2.24, 2.45) is 0 Å². The third-order valence-corrected chi connectivity index (χ3v) is 4.21. The Hall–Kier alpha value is -2.06. The summed E-state index contributed by atoms with van der Waals surface area (Å²) in [5.41, 5.74) is 3.30. The van der Waals surface area contributed by atoms with Crippen molar-refractivity contribution >= 4 is 18.1 Å². The lowest BCUT2D eigenvalue weighted by molar-refractivity contribution is -0.895. The average Bonchev–Trinajstić information content (AvgIpc) is 2.89. The molecule has 1 amide bonds. The van der Waals surface area contributed by atoms with E-state index in [1.165, 1.54) is 11.1 Å². The first-order chi connectivity index (χ1) is 11.4. The first kappa shape index (κ1) is 18.3. The summed E-state index contributed by atoms with van der Waals surface area (Å²) in [6.07, 6.45) is 0.931. The summed E-state index contributed by atoms with van der Waals surface area (Å²) < 4.78 is 3.81. The first-order valence-electron chi connectivity index (χ1n) is 8.10. The highest BCUT2D eigenvalue weighted by atomic mass is 32.1. The molecule has 0 saturated heterocycles. The minimum absolute atomic E-state index is 0.0300. The molecule has 7 nitrogen and oxygen atoms in total. The van der Waals surface area contributed by atoms with Crippen LogP contribution in [0.5, 0.6) is 0 Å². The zero-order valence-electron chi connectivity index (χ0n) is 14.7. The van der Waals surface area contributed by atoms with Crippen molar-refractivity contribution in [2.45, 2.75) is 33.9 Å². The molecule has 0 aliphatic carbocycles. The van der Waals surface area contributed by atoms with Gasteiger partial charge in [0.25, 0.3) is 5.91 Å². The van der Waals surface area contributed by atoms with Gasteiger partial charge in [-0.05, 0) is 66.2 Å². The third-order valence-electron chi connectivity index (χ3n) is 3.83. The number of aromatic nitrogens is 4. The smallest absolute Gasteiger partial charge is 0.275 e. The fraction of sp³-hybridized carbons (Fsp3) is 0.500. The highest BCUT2D eigenvalue weighted by molar-refractivity contribution is 7.71. The van der Waals surface area contributed by atoms with Crippen LogP contribution in [-0.4, -0.2) is 45.8 Å². The summed E-state index contributed by atoms with van der Waals surface area (Å²) in [5, 5.41) is 11.1. The van der Waals surface area contributed by atoms with Crippen LogP contribution in [0.25, 0.3) is 5.69 Å². The highest BCUT2D eigenvalue weighted by Crippen LogP contribution is 2.13. The van der Waals surface area contributed by atoms with E-state index in [4.69, 9.17) is 12.2 Å². The van der Waals surface area contributed by atoms with Crippen molar-refractivity contribution < 1.29 is 9.69 Å². The number of amides is 1. The fourth-order valence-electron chi connectivity index (χ4n) is 2.31. The normalized spacial score (nSPS) is 12.2. The number of benzene rings is 1. The largest absolute Gasteiger partial charge is 0.351 e. The van der Waals surface area contributed by atoms with Gasteiger partial charge in [-0.15, -0.1) is 0 Å². The van der Waals surface area contributed by atoms with Crippen molar-refractivity contribution in [3.05, 3.63) is 34.1 Å². The number of rotatable bonds is 7. The predicted octanol–water partition coefficient (Wildman–Crippen LogP) is 0.414. The standard InChI is InChI=1S/C16H24N6OS/c1-5-8-17-15(23)10-20(4)11-21-16(24)22(19-18-21)14-7-6-12(2)13(3)9-14/h6-7,9H,5,8,10-11H2,1-4H3,(H,17,23)/p+1. The molecule has 0 spiro atoms. The number of quaternary nitrogens is 1. The van der Waals surface area contributed by atoms with Gasteiger partial charge in [0.1, 0.15) is 0 Å². The van der Waals surface area contributed by atoms with Crippen LogP contribution < -0.4 is 10.2 Å². The number of nitrogens with one attached hydrogen (secondary N) is 2. The SMILES string of the molecule is CCCNC(=O)C[NH+](C)Cn1nnn(-c2ccc(C)c(C)c2)c1=S. The van der Waals surface area contributed by atoms with Gasteiger partial charge in [-0.3, -0.25) is 4.79 Å². The lowest BCUT2D eigenvalue weighted by atomic mass is 10.1. The molecule has 1 unspecified atom stereocenters. The predicted molar refractivity (Wildman–Crippen MR) is 94.7 cm³/mol. The number of nitrogens with zero attached hydrogens (tertiary/aromatic N) is 4. The molecule has 0 aliphatic rings. The van der Waals surface area contributed by atoms with E-state index >= 15 is 0 Å². The van der Waals surface area contributed by atoms with Crippen molar-refractivity contribution in [3.8, 4) is 5.69 Å². The molecule has 8 heteroatoms.